The Hall–Kier alpha value is -1.27. The van der Waals surface area contributed by atoms with E-state index < -0.39 is 0 Å². The molecule has 0 aliphatic rings. The normalized spacial score (nSPS) is 10.4. The predicted octanol–water partition coefficient (Wildman–Crippen LogP) is 4.71. The van der Waals surface area contributed by atoms with Gasteiger partial charge in [0.25, 0.3) is 0 Å². The Morgan fingerprint density at radius 2 is 1.62 bits per heavy atom. The van der Waals surface area contributed by atoms with Crippen molar-refractivity contribution in [3.8, 4) is 11.1 Å². The van der Waals surface area contributed by atoms with Gasteiger partial charge in [-0.1, -0.05) is 42.0 Å². The second-order valence-corrected chi connectivity index (χ2v) is 4.42. The largest absolute Gasteiger partial charge is 0.122 e. The minimum atomic E-state index is 0.569. The minimum absolute atomic E-state index is 0.569. The first-order chi connectivity index (χ1) is 7.70. The number of rotatable bonds is 2. The van der Waals surface area contributed by atoms with E-state index >= 15 is 0 Å². The molecule has 0 aliphatic carbocycles. The molecular weight excluding hydrogens is 216 g/mol. The highest BCUT2D eigenvalue weighted by Gasteiger charge is 2.02. The van der Waals surface area contributed by atoms with Crippen LogP contribution in [0, 0.1) is 13.8 Å². The Balaban J connectivity index is 2.50. The molecule has 82 valence electrons. The SMILES string of the molecule is Cc1ccc(-c2cc(CCl)ccc2C)cc1. The van der Waals surface area contributed by atoms with Crippen molar-refractivity contribution in [2.45, 2.75) is 19.7 Å². The van der Waals surface area contributed by atoms with Crippen LogP contribution < -0.4 is 0 Å². The third-order valence-corrected chi connectivity index (χ3v) is 3.13. The van der Waals surface area contributed by atoms with E-state index in [-0.39, 0.29) is 0 Å². The smallest absolute Gasteiger partial charge is 0.0474 e. The van der Waals surface area contributed by atoms with Gasteiger partial charge in [0.05, 0.1) is 0 Å². The summed E-state index contributed by atoms with van der Waals surface area (Å²) in [6.07, 6.45) is 0. The summed E-state index contributed by atoms with van der Waals surface area (Å²) in [5.41, 5.74) is 6.28. The second-order valence-electron chi connectivity index (χ2n) is 4.15. The van der Waals surface area contributed by atoms with Gasteiger partial charge in [0.1, 0.15) is 0 Å². The lowest BCUT2D eigenvalue weighted by molar-refractivity contribution is 1.35. The number of halogens is 1. The van der Waals surface area contributed by atoms with Crippen LogP contribution in [0.25, 0.3) is 11.1 Å². The van der Waals surface area contributed by atoms with E-state index in [1.807, 2.05) is 0 Å². The van der Waals surface area contributed by atoms with E-state index in [1.54, 1.807) is 0 Å². The van der Waals surface area contributed by atoms with Gasteiger partial charge in [-0.2, -0.15) is 0 Å². The molecule has 0 nitrogen and oxygen atoms in total. The van der Waals surface area contributed by atoms with E-state index in [2.05, 4.69) is 56.3 Å². The first-order valence-corrected chi connectivity index (χ1v) is 5.96. The maximum atomic E-state index is 5.86. The summed E-state index contributed by atoms with van der Waals surface area (Å²) >= 11 is 5.86. The maximum Gasteiger partial charge on any atom is 0.0474 e. The number of alkyl halides is 1. The van der Waals surface area contributed by atoms with E-state index in [0.717, 1.165) is 0 Å². The molecule has 2 aromatic rings. The molecule has 0 bridgehead atoms. The van der Waals surface area contributed by atoms with E-state index in [0.29, 0.717) is 5.88 Å². The highest BCUT2D eigenvalue weighted by Crippen LogP contribution is 2.25. The molecular formula is C15H15Cl. The Morgan fingerprint density at radius 3 is 2.25 bits per heavy atom. The fourth-order valence-electron chi connectivity index (χ4n) is 1.80. The Bertz CT molecular complexity index is 483. The summed E-state index contributed by atoms with van der Waals surface area (Å²) in [7, 11) is 0. The summed E-state index contributed by atoms with van der Waals surface area (Å²) in [5, 5.41) is 0. The van der Waals surface area contributed by atoms with Crippen LogP contribution in [0.4, 0.5) is 0 Å². The number of aryl methyl sites for hydroxylation is 2. The highest BCUT2D eigenvalue weighted by atomic mass is 35.5. The van der Waals surface area contributed by atoms with Crippen molar-refractivity contribution in [1.82, 2.24) is 0 Å². The average molecular weight is 231 g/mol. The van der Waals surface area contributed by atoms with Crippen molar-refractivity contribution in [3.05, 3.63) is 59.2 Å². The van der Waals surface area contributed by atoms with Crippen molar-refractivity contribution in [3.63, 3.8) is 0 Å². The average Bonchev–Trinajstić information content (AvgIpc) is 2.31. The topological polar surface area (TPSA) is 0 Å². The molecule has 0 fully saturated rings. The molecule has 2 aromatic carbocycles. The van der Waals surface area contributed by atoms with Crippen LogP contribution in [0.2, 0.25) is 0 Å². The summed E-state index contributed by atoms with van der Waals surface area (Å²) < 4.78 is 0. The van der Waals surface area contributed by atoms with E-state index in [9.17, 15) is 0 Å². The van der Waals surface area contributed by atoms with Gasteiger partial charge in [0.15, 0.2) is 0 Å². The first-order valence-electron chi connectivity index (χ1n) is 5.43. The summed E-state index contributed by atoms with van der Waals surface area (Å²) in [6.45, 7) is 4.24. The van der Waals surface area contributed by atoms with Crippen molar-refractivity contribution in [1.29, 1.82) is 0 Å². The van der Waals surface area contributed by atoms with Crippen LogP contribution in [0.5, 0.6) is 0 Å². The van der Waals surface area contributed by atoms with Gasteiger partial charge in [-0.15, -0.1) is 11.6 Å². The molecule has 0 heterocycles. The van der Waals surface area contributed by atoms with Gasteiger partial charge in [0, 0.05) is 5.88 Å². The van der Waals surface area contributed by atoms with Crippen LogP contribution in [0.15, 0.2) is 42.5 Å². The van der Waals surface area contributed by atoms with Crippen LogP contribution in [0.3, 0.4) is 0 Å². The molecule has 0 atom stereocenters. The number of hydrogen-bond acceptors (Lipinski definition) is 0. The summed E-state index contributed by atoms with van der Waals surface area (Å²) in [5.74, 6) is 0.569. The number of benzene rings is 2. The van der Waals surface area contributed by atoms with Crippen LogP contribution in [-0.2, 0) is 5.88 Å². The Kier molecular flexibility index (Phi) is 3.31. The van der Waals surface area contributed by atoms with E-state index in [1.165, 1.54) is 27.8 Å². The fourth-order valence-corrected chi connectivity index (χ4v) is 1.96. The zero-order valence-electron chi connectivity index (χ0n) is 9.63. The van der Waals surface area contributed by atoms with Gasteiger partial charge in [-0.3, -0.25) is 0 Å². The molecule has 0 amide bonds. The second kappa shape index (κ2) is 4.71. The van der Waals surface area contributed by atoms with Gasteiger partial charge in [-0.05, 0) is 42.2 Å². The molecule has 0 unspecified atom stereocenters. The maximum absolute atomic E-state index is 5.86. The van der Waals surface area contributed by atoms with Crippen molar-refractivity contribution in [2.24, 2.45) is 0 Å². The standard InChI is InChI=1S/C15H15Cl/c1-11-3-7-14(8-4-11)15-9-13(10-16)6-5-12(15)2/h3-9H,10H2,1-2H3. The van der Waals surface area contributed by atoms with E-state index in [4.69, 9.17) is 11.6 Å². The first kappa shape index (κ1) is 11.2. The van der Waals surface area contributed by atoms with Gasteiger partial charge in [-0.25, -0.2) is 0 Å². The van der Waals surface area contributed by atoms with Gasteiger partial charge >= 0.3 is 0 Å². The lowest BCUT2D eigenvalue weighted by Crippen LogP contribution is -1.86. The predicted molar refractivity (Wildman–Crippen MR) is 70.9 cm³/mol. The monoisotopic (exact) mass is 230 g/mol. The van der Waals surface area contributed by atoms with Crippen LogP contribution >= 0.6 is 11.6 Å². The van der Waals surface area contributed by atoms with Gasteiger partial charge in [0.2, 0.25) is 0 Å². The quantitative estimate of drug-likeness (QED) is 0.656. The third kappa shape index (κ3) is 2.28. The molecule has 16 heavy (non-hydrogen) atoms. The molecule has 0 saturated carbocycles. The zero-order valence-corrected chi connectivity index (χ0v) is 10.4. The molecule has 0 spiro atoms. The fraction of sp³-hybridized carbons (Fsp3) is 0.200. The Morgan fingerprint density at radius 1 is 0.938 bits per heavy atom. The molecule has 0 aliphatic heterocycles. The molecule has 0 saturated heterocycles. The zero-order chi connectivity index (χ0) is 11.5. The van der Waals surface area contributed by atoms with Crippen molar-refractivity contribution >= 4 is 11.6 Å². The van der Waals surface area contributed by atoms with Gasteiger partial charge < -0.3 is 0 Å². The minimum Gasteiger partial charge on any atom is -0.122 e. The third-order valence-electron chi connectivity index (χ3n) is 2.82. The highest BCUT2D eigenvalue weighted by molar-refractivity contribution is 6.17. The lowest BCUT2D eigenvalue weighted by atomic mass is 9.98. The van der Waals surface area contributed by atoms with Crippen LogP contribution in [-0.4, -0.2) is 0 Å². The van der Waals surface area contributed by atoms with Crippen molar-refractivity contribution in [2.75, 3.05) is 0 Å². The van der Waals surface area contributed by atoms with Crippen LogP contribution in [0.1, 0.15) is 16.7 Å². The summed E-state index contributed by atoms with van der Waals surface area (Å²) in [6, 6.07) is 15.0. The lowest BCUT2D eigenvalue weighted by Gasteiger charge is -2.08. The molecule has 2 rings (SSSR count). The van der Waals surface area contributed by atoms with Crippen molar-refractivity contribution < 1.29 is 0 Å². The summed E-state index contributed by atoms with van der Waals surface area (Å²) in [4.78, 5) is 0. The molecule has 0 N–H and O–H groups in total. The Labute approximate surface area is 102 Å². The number of hydrogen-bond donors (Lipinski definition) is 0. The molecule has 0 radical (unpaired) electrons. The molecule has 0 aromatic heterocycles. The molecule has 1 heteroatoms.